The molecule has 0 atom stereocenters. The lowest BCUT2D eigenvalue weighted by Gasteiger charge is -2.19. The van der Waals surface area contributed by atoms with Crippen LogP contribution in [-0.4, -0.2) is 50.7 Å². The molecule has 0 amide bonds. The topological polar surface area (TPSA) is 60.6 Å². The number of ether oxygens (including phenoxy) is 2. The Kier molecular flexibility index (Phi) is 6.91. The van der Waals surface area contributed by atoms with Crippen molar-refractivity contribution >= 4 is 17.6 Å². The summed E-state index contributed by atoms with van der Waals surface area (Å²) in [6, 6.07) is 0.480. The highest BCUT2D eigenvalue weighted by Crippen LogP contribution is 2.13. The van der Waals surface area contributed by atoms with Crippen LogP contribution < -0.4 is 4.90 Å². The lowest BCUT2D eigenvalue weighted by atomic mass is 10.4. The summed E-state index contributed by atoms with van der Waals surface area (Å²) in [5, 5.41) is 7.78. The largest absolute Gasteiger partial charge is 0.407 e. The quantitative estimate of drug-likeness (QED) is 0.494. The molecule has 0 saturated heterocycles. The molecule has 0 fully saturated rings. The summed E-state index contributed by atoms with van der Waals surface area (Å²) >= 11 is 5.62. The minimum Gasteiger partial charge on any atom is -0.407 e. The highest BCUT2D eigenvalue weighted by atomic mass is 35.5. The standard InChI is InChI=1S/C10H18ClN3O3/c1-15-6-3-4-14(5-7-16-2)10-13-12-9(8-11)17-10/h3-8H2,1-2H3. The molecule has 7 heteroatoms. The monoisotopic (exact) mass is 263 g/mol. The number of rotatable bonds is 9. The van der Waals surface area contributed by atoms with Gasteiger partial charge in [0.15, 0.2) is 0 Å². The van der Waals surface area contributed by atoms with Gasteiger partial charge in [-0.25, -0.2) is 0 Å². The predicted molar refractivity (Wildman–Crippen MR) is 64.4 cm³/mol. The van der Waals surface area contributed by atoms with E-state index in [4.69, 9.17) is 25.5 Å². The average Bonchev–Trinajstić information content (AvgIpc) is 2.82. The van der Waals surface area contributed by atoms with E-state index in [1.54, 1.807) is 14.2 Å². The van der Waals surface area contributed by atoms with Gasteiger partial charge >= 0.3 is 6.01 Å². The van der Waals surface area contributed by atoms with Crippen molar-refractivity contribution < 1.29 is 13.9 Å². The molecule has 0 aliphatic carbocycles. The van der Waals surface area contributed by atoms with E-state index >= 15 is 0 Å². The fourth-order valence-electron chi connectivity index (χ4n) is 1.33. The Morgan fingerprint density at radius 2 is 1.94 bits per heavy atom. The summed E-state index contributed by atoms with van der Waals surface area (Å²) in [5.41, 5.74) is 0. The number of hydrogen-bond donors (Lipinski definition) is 0. The van der Waals surface area contributed by atoms with E-state index in [0.717, 1.165) is 13.0 Å². The van der Waals surface area contributed by atoms with Gasteiger partial charge in [-0.3, -0.25) is 0 Å². The van der Waals surface area contributed by atoms with Crippen LogP contribution in [0.2, 0.25) is 0 Å². The number of nitrogens with zero attached hydrogens (tertiary/aromatic N) is 3. The second-order valence-electron chi connectivity index (χ2n) is 3.44. The summed E-state index contributed by atoms with van der Waals surface area (Å²) < 4.78 is 15.5. The van der Waals surface area contributed by atoms with Gasteiger partial charge in [0.25, 0.3) is 0 Å². The van der Waals surface area contributed by atoms with Crippen LogP contribution in [0.25, 0.3) is 0 Å². The molecule has 1 aromatic rings. The number of methoxy groups -OCH3 is 2. The molecule has 0 saturated carbocycles. The van der Waals surface area contributed by atoms with Gasteiger partial charge in [-0.1, -0.05) is 5.10 Å². The van der Waals surface area contributed by atoms with Gasteiger partial charge in [-0.05, 0) is 6.42 Å². The van der Waals surface area contributed by atoms with Crippen LogP contribution in [0.3, 0.4) is 0 Å². The zero-order valence-corrected chi connectivity index (χ0v) is 10.9. The van der Waals surface area contributed by atoms with Crippen molar-refractivity contribution in [1.82, 2.24) is 10.2 Å². The molecule has 0 aromatic carbocycles. The highest BCUT2D eigenvalue weighted by Gasteiger charge is 2.13. The number of anilines is 1. The molecule has 0 aliphatic rings. The molecule has 1 aromatic heterocycles. The second kappa shape index (κ2) is 8.27. The second-order valence-corrected chi connectivity index (χ2v) is 3.71. The Hall–Kier alpha value is -0.850. The first kappa shape index (κ1) is 14.2. The first-order chi connectivity index (χ1) is 8.31. The van der Waals surface area contributed by atoms with Crippen molar-refractivity contribution in [3.05, 3.63) is 5.89 Å². The zero-order chi connectivity index (χ0) is 12.5. The number of hydrogen-bond acceptors (Lipinski definition) is 6. The van der Waals surface area contributed by atoms with E-state index in [2.05, 4.69) is 10.2 Å². The van der Waals surface area contributed by atoms with Gasteiger partial charge in [0.05, 0.1) is 6.61 Å². The van der Waals surface area contributed by atoms with Crippen LogP contribution in [0.1, 0.15) is 12.3 Å². The van der Waals surface area contributed by atoms with E-state index in [1.807, 2.05) is 4.90 Å². The van der Waals surface area contributed by atoms with Crippen LogP contribution in [-0.2, 0) is 15.4 Å². The van der Waals surface area contributed by atoms with Crippen molar-refractivity contribution in [3.63, 3.8) is 0 Å². The van der Waals surface area contributed by atoms with Crippen LogP contribution in [0.4, 0.5) is 6.01 Å². The molecule has 0 N–H and O–H groups in total. The first-order valence-electron chi connectivity index (χ1n) is 5.43. The number of aromatic nitrogens is 2. The van der Waals surface area contributed by atoms with Gasteiger partial charge in [-0.15, -0.1) is 16.7 Å². The number of halogens is 1. The average molecular weight is 264 g/mol. The van der Waals surface area contributed by atoms with Crippen molar-refractivity contribution in [2.75, 3.05) is 45.4 Å². The Morgan fingerprint density at radius 3 is 2.53 bits per heavy atom. The van der Waals surface area contributed by atoms with E-state index in [9.17, 15) is 0 Å². The molecule has 0 spiro atoms. The summed E-state index contributed by atoms with van der Waals surface area (Å²) in [6.45, 7) is 2.77. The molecular formula is C10H18ClN3O3. The van der Waals surface area contributed by atoms with Crippen LogP contribution in [0, 0.1) is 0 Å². The third kappa shape index (κ3) is 4.89. The lowest BCUT2D eigenvalue weighted by Crippen LogP contribution is -2.29. The minimum absolute atomic E-state index is 0.225. The van der Waals surface area contributed by atoms with Crippen molar-refractivity contribution in [2.24, 2.45) is 0 Å². The summed E-state index contributed by atoms with van der Waals surface area (Å²) in [6.07, 6.45) is 0.888. The molecule has 0 bridgehead atoms. The molecule has 0 aliphatic heterocycles. The smallest absolute Gasteiger partial charge is 0.318 e. The molecule has 1 rings (SSSR count). The summed E-state index contributed by atoms with van der Waals surface area (Å²) in [5.74, 6) is 0.652. The molecule has 0 radical (unpaired) electrons. The van der Waals surface area contributed by atoms with Crippen molar-refractivity contribution in [2.45, 2.75) is 12.3 Å². The molecule has 98 valence electrons. The van der Waals surface area contributed by atoms with E-state index in [-0.39, 0.29) is 5.88 Å². The maximum atomic E-state index is 5.62. The molecule has 6 nitrogen and oxygen atoms in total. The first-order valence-corrected chi connectivity index (χ1v) is 5.96. The van der Waals surface area contributed by atoms with E-state index in [0.29, 0.717) is 31.7 Å². The zero-order valence-electron chi connectivity index (χ0n) is 10.2. The van der Waals surface area contributed by atoms with Crippen molar-refractivity contribution in [1.29, 1.82) is 0 Å². The molecular weight excluding hydrogens is 246 g/mol. The van der Waals surface area contributed by atoms with E-state index < -0.39 is 0 Å². The van der Waals surface area contributed by atoms with Crippen LogP contribution in [0.15, 0.2) is 4.42 Å². The Balaban J connectivity index is 2.54. The van der Waals surface area contributed by atoms with Gasteiger partial charge < -0.3 is 18.8 Å². The van der Waals surface area contributed by atoms with Crippen LogP contribution in [0.5, 0.6) is 0 Å². The normalized spacial score (nSPS) is 10.8. The Bertz CT molecular complexity index is 309. The SMILES string of the molecule is COCCCN(CCOC)c1nnc(CCl)o1. The molecule has 0 unspecified atom stereocenters. The molecule has 1 heterocycles. The van der Waals surface area contributed by atoms with Crippen molar-refractivity contribution in [3.8, 4) is 0 Å². The summed E-state index contributed by atoms with van der Waals surface area (Å²) in [4.78, 5) is 1.96. The predicted octanol–water partition coefficient (Wildman–Crippen LogP) is 1.30. The maximum Gasteiger partial charge on any atom is 0.318 e. The van der Waals surface area contributed by atoms with Crippen LogP contribution >= 0.6 is 11.6 Å². The Labute approximate surface area is 106 Å². The fourth-order valence-corrected chi connectivity index (χ4v) is 1.44. The highest BCUT2D eigenvalue weighted by molar-refractivity contribution is 6.16. The van der Waals surface area contributed by atoms with Gasteiger partial charge in [0.1, 0.15) is 5.88 Å². The third-order valence-electron chi connectivity index (χ3n) is 2.18. The van der Waals surface area contributed by atoms with Gasteiger partial charge in [0.2, 0.25) is 5.89 Å². The third-order valence-corrected chi connectivity index (χ3v) is 2.41. The minimum atomic E-state index is 0.225. The van der Waals surface area contributed by atoms with Gasteiger partial charge in [-0.2, -0.15) is 0 Å². The van der Waals surface area contributed by atoms with Gasteiger partial charge in [0, 0.05) is 33.9 Å². The number of alkyl halides is 1. The Morgan fingerprint density at radius 1 is 1.18 bits per heavy atom. The van der Waals surface area contributed by atoms with E-state index in [1.165, 1.54) is 0 Å². The molecule has 17 heavy (non-hydrogen) atoms. The lowest BCUT2D eigenvalue weighted by molar-refractivity contribution is 0.189. The fraction of sp³-hybridized carbons (Fsp3) is 0.800. The summed E-state index contributed by atoms with van der Waals surface area (Å²) in [7, 11) is 3.34. The maximum absolute atomic E-state index is 5.62.